The average Bonchev–Trinajstić information content (AvgIpc) is 3.16. The molecule has 1 saturated carbocycles. The van der Waals surface area contributed by atoms with Crippen molar-refractivity contribution in [2.45, 2.75) is 50.4 Å². The van der Waals surface area contributed by atoms with E-state index in [2.05, 4.69) is 21.7 Å². The molecule has 1 aromatic heterocycles. The van der Waals surface area contributed by atoms with Gasteiger partial charge in [0.05, 0.1) is 6.54 Å². The zero-order valence-corrected chi connectivity index (χ0v) is 20.2. The number of likely N-dealkylation sites (N-methyl/N-ethyl adjacent to an activating group) is 1. The summed E-state index contributed by atoms with van der Waals surface area (Å²) in [5.41, 5.74) is 0. The zero-order chi connectivity index (χ0) is 18.9. The summed E-state index contributed by atoms with van der Waals surface area (Å²) in [4.78, 5) is 19.1. The van der Waals surface area contributed by atoms with Crippen molar-refractivity contribution >= 4 is 58.0 Å². The minimum absolute atomic E-state index is 0. The van der Waals surface area contributed by atoms with Crippen LogP contribution in [-0.4, -0.2) is 58.7 Å². The molecule has 2 N–H and O–H groups in total. The number of halogens is 1. The van der Waals surface area contributed by atoms with Gasteiger partial charge in [-0.25, -0.2) is 4.99 Å². The molecule has 27 heavy (non-hydrogen) atoms. The van der Waals surface area contributed by atoms with Crippen LogP contribution < -0.4 is 10.6 Å². The molecule has 1 aliphatic carbocycles. The Balaban J connectivity index is 0.00000364. The van der Waals surface area contributed by atoms with E-state index in [9.17, 15) is 9.00 Å². The van der Waals surface area contributed by atoms with E-state index in [1.165, 1.54) is 4.88 Å². The second-order valence-electron chi connectivity index (χ2n) is 6.69. The summed E-state index contributed by atoms with van der Waals surface area (Å²) in [5, 5.41) is 9.09. The molecule has 154 valence electrons. The van der Waals surface area contributed by atoms with E-state index in [-0.39, 0.29) is 47.7 Å². The largest absolute Gasteiger partial charge is 0.354 e. The van der Waals surface area contributed by atoms with Crippen molar-refractivity contribution in [3.8, 4) is 0 Å². The van der Waals surface area contributed by atoms with Crippen LogP contribution in [-0.2, 0) is 22.1 Å². The number of guanidine groups is 1. The second kappa shape index (κ2) is 12.7. The first kappa shape index (κ1) is 24.4. The lowest BCUT2D eigenvalue weighted by Crippen LogP contribution is -2.46. The van der Waals surface area contributed by atoms with E-state index in [1.807, 2.05) is 18.4 Å². The molecule has 0 saturated heterocycles. The number of rotatable bonds is 7. The van der Waals surface area contributed by atoms with Gasteiger partial charge < -0.3 is 15.5 Å². The maximum absolute atomic E-state index is 12.2. The lowest BCUT2D eigenvalue weighted by atomic mass is 9.95. The number of nitrogens with zero attached hydrogens (tertiary/aromatic N) is 2. The molecule has 0 radical (unpaired) electrons. The SMILES string of the molecule is CCS(=O)C1CCCC(NC(=NCC(=O)N(C)C)NCc2cccs2)C1.I. The van der Waals surface area contributed by atoms with E-state index >= 15 is 0 Å². The molecule has 6 nitrogen and oxygen atoms in total. The third-order valence-electron chi connectivity index (χ3n) is 4.50. The van der Waals surface area contributed by atoms with Crippen molar-refractivity contribution in [1.29, 1.82) is 0 Å². The van der Waals surface area contributed by atoms with Crippen LogP contribution in [0.1, 0.15) is 37.5 Å². The second-order valence-corrected chi connectivity index (χ2v) is 9.72. The third kappa shape index (κ3) is 8.47. The number of carbonyl (C=O) groups excluding carboxylic acids is 1. The number of hydrogen-bond acceptors (Lipinski definition) is 4. The highest BCUT2D eigenvalue weighted by molar-refractivity contribution is 14.0. The summed E-state index contributed by atoms with van der Waals surface area (Å²) in [6.07, 6.45) is 4.04. The molecule has 2 rings (SSSR count). The molecule has 9 heteroatoms. The molecule has 3 unspecified atom stereocenters. The van der Waals surface area contributed by atoms with Crippen LogP contribution in [0.25, 0.3) is 0 Å². The van der Waals surface area contributed by atoms with Gasteiger partial charge in [-0.1, -0.05) is 19.4 Å². The highest BCUT2D eigenvalue weighted by Crippen LogP contribution is 2.23. The first-order chi connectivity index (χ1) is 12.5. The van der Waals surface area contributed by atoms with Crippen molar-refractivity contribution in [1.82, 2.24) is 15.5 Å². The number of aliphatic imine (C=N–C) groups is 1. The highest BCUT2D eigenvalue weighted by atomic mass is 127. The van der Waals surface area contributed by atoms with Gasteiger partial charge in [0.15, 0.2) is 5.96 Å². The lowest BCUT2D eigenvalue weighted by Gasteiger charge is -2.30. The Bertz CT molecular complexity index is 623. The van der Waals surface area contributed by atoms with Gasteiger partial charge in [-0.15, -0.1) is 35.3 Å². The molecule has 1 fully saturated rings. The van der Waals surface area contributed by atoms with Crippen LogP contribution in [0.2, 0.25) is 0 Å². The van der Waals surface area contributed by atoms with E-state index in [1.54, 1.807) is 30.3 Å². The van der Waals surface area contributed by atoms with Gasteiger partial charge >= 0.3 is 0 Å². The maximum Gasteiger partial charge on any atom is 0.243 e. The zero-order valence-electron chi connectivity index (χ0n) is 16.3. The summed E-state index contributed by atoms with van der Waals surface area (Å²) in [5.74, 6) is 1.34. The van der Waals surface area contributed by atoms with Gasteiger partial charge in [0, 0.05) is 46.8 Å². The molecule has 1 aliphatic rings. The van der Waals surface area contributed by atoms with Crippen molar-refractivity contribution in [2.24, 2.45) is 4.99 Å². The van der Waals surface area contributed by atoms with Crippen LogP contribution in [0.3, 0.4) is 0 Å². The number of thiophene rings is 1. The molecule has 1 aromatic rings. The fourth-order valence-corrected chi connectivity index (χ4v) is 4.96. The Labute approximate surface area is 186 Å². The Morgan fingerprint density at radius 1 is 1.41 bits per heavy atom. The van der Waals surface area contributed by atoms with Gasteiger partial charge in [0.2, 0.25) is 5.91 Å². The third-order valence-corrected chi connectivity index (χ3v) is 7.12. The first-order valence-corrected chi connectivity index (χ1v) is 11.4. The van der Waals surface area contributed by atoms with Crippen molar-refractivity contribution in [3.63, 3.8) is 0 Å². The number of carbonyl (C=O) groups is 1. The van der Waals surface area contributed by atoms with E-state index in [0.29, 0.717) is 18.3 Å². The molecule has 0 aromatic carbocycles. The van der Waals surface area contributed by atoms with Crippen LogP contribution >= 0.6 is 35.3 Å². The van der Waals surface area contributed by atoms with Gasteiger partial charge in [0.1, 0.15) is 6.54 Å². The monoisotopic (exact) mass is 526 g/mol. The van der Waals surface area contributed by atoms with Crippen molar-refractivity contribution < 1.29 is 9.00 Å². The molecule has 0 bridgehead atoms. The van der Waals surface area contributed by atoms with Gasteiger partial charge in [-0.05, 0) is 30.7 Å². The number of nitrogens with one attached hydrogen (secondary N) is 2. The van der Waals surface area contributed by atoms with E-state index in [4.69, 9.17) is 0 Å². The summed E-state index contributed by atoms with van der Waals surface area (Å²) in [6, 6.07) is 4.34. The molecule has 0 aliphatic heterocycles. The molecule has 0 spiro atoms. The summed E-state index contributed by atoms with van der Waals surface area (Å²) in [6.45, 7) is 2.77. The van der Waals surface area contributed by atoms with E-state index < -0.39 is 10.8 Å². The predicted molar refractivity (Wildman–Crippen MR) is 125 cm³/mol. The Morgan fingerprint density at radius 2 is 2.19 bits per heavy atom. The Kier molecular flexibility index (Phi) is 11.5. The van der Waals surface area contributed by atoms with Crippen LogP contribution in [0.15, 0.2) is 22.5 Å². The number of amides is 1. The predicted octanol–water partition coefficient (Wildman–Crippen LogP) is 2.57. The average molecular weight is 527 g/mol. The Hall–Kier alpha value is -0.680. The van der Waals surface area contributed by atoms with Crippen LogP contribution in [0.4, 0.5) is 0 Å². The van der Waals surface area contributed by atoms with Crippen LogP contribution in [0.5, 0.6) is 0 Å². The highest BCUT2D eigenvalue weighted by Gasteiger charge is 2.26. The fourth-order valence-electron chi connectivity index (χ4n) is 2.97. The first-order valence-electron chi connectivity index (χ1n) is 9.14. The minimum atomic E-state index is -0.754. The van der Waals surface area contributed by atoms with Crippen molar-refractivity contribution in [2.75, 3.05) is 26.4 Å². The van der Waals surface area contributed by atoms with Gasteiger partial charge in [-0.3, -0.25) is 9.00 Å². The topological polar surface area (TPSA) is 73.8 Å². The normalized spacial score (nSPS) is 21.1. The molecule has 3 atom stereocenters. The summed E-state index contributed by atoms with van der Waals surface area (Å²) >= 11 is 1.69. The summed E-state index contributed by atoms with van der Waals surface area (Å²) in [7, 11) is 2.71. The standard InChI is InChI=1S/C18H30N4O2S2.HI/c1-4-26(24)16-9-5-7-14(11-16)21-18(20-13-17(23)22(2)3)19-12-15-8-6-10-25-15;/h6,8,10,14,16H,4-5,7,9,11-13H2,1-3H3,(H2,19,20,21);1H. The van der Waals surface area contributed by atoms with Crippen molar-refractivity contribution in [3.05, 3.63) is 22.4 Å². The smallest absolute Gasteiger partial charge is 0.243 e. The quantitative estimate of drug-likeness (QED) is 0.326. The van der Waals surface area contributed by atoms with E-state index in [0.717, 1.165) is 25.7 Å². The Morgan fingerprint density at radius 3 is 2.81 bits per heavy atom. The van der Waals surface area contributed by atoms with Crippen LogP contribution in [0, 0.1) is 0 Å². The molecular weight excluding hydrogens is 495 g/mol. The van der Waals surface area contributed by atoms with Gasteiger partial charge in [-0.2, -0.15) is 0 Å². The lowest BCUT2D eigenvalue weighted by molar-refractivity contribution is -0.127. The van der Waals surface area contributed by atoms with Gasteiger partial charge in [0.25, 0.3) is 0 Å². The minimum Gasteiger partial charge on any atom is -0.354 e. The maximum atomic E-state index is 12.2. The molecule has 1 heterocycles. The number of hydrogen-bond donors (Lipinski definition) is 2. The molecule has 1 amide bonds. The molecular formula is C18H31IN4O2S2. The fraction of sp³-hybridized carbons (Fsp3) is 0.667. The summed E-state index contributed by atoms with van der Waals surface area (Å²) < 4.78 is 12.2.